The molecule has 0 bridgehead atoms. The highest BCUT2D eigenvalue weighted by Crippen LogP contribution is 2.35. The molecule has 3 amide bonds. The molecule has 2 aromatic carbocycles. The third-order valence-corrected chi connectivity index (χ3v) is 6.47. The molecule has 9 heteroatoms. The Balaban J connectivity index is 1.47. The van der Waals surface area contributed by atoms with E-state index >= 15 is 0 Å². The topological polar surface area (TPSA) is 110 Å². The third-order valence-electron chi connectivity index (χ3n) is 6.47. The van der Waals surface area contributed by atoms with E-state index in [2.05, 4.69) is 34.5 Å². The van der Waals surface area contributed by atoms with E-state index in [1.807, 2.05) is 41.2 Å². The van der Waals surface area contributed by atoms with Crippen LogP contribution >= 0.6 is 0 Å². The van der Waals surface area contributed by atoms with Gasteiger partial charge in [-0.25, -0.2) is 4.79 Å². The summed E-state index contributed by atoms with van der Waals surface area (Å²) in [4.78, 5) is 25.4. The van der Waals surface area contributed by atoms with Crippen molar-refractivity contribution in [3.63, 3.8) is 0 Å². The van der Waals surface area contributed by atoms with Crippen LogP contribution in [0, 0.1) is 11.8 Å². The molecule has 0 spiro atoms. The number of benzene rings is 2. The number of imide groups is 1. The van der Waals surface area contributed by atoms with Gasteiger partial charge in [-0.15, -0.1) is 5.92 Å². The highest BCUT2D eigenvalue weighted by molar-refractivity contribution is 6.07. The van der Waals surface area contributed by atoms with Crippen molar-refractivity contribution in [2.45, 2.75) is 38.9 Å². The number of urea groups is 1. The van der Waals surface area contributed by atoms with Gasteiger partial charge in [0.05, 0.1) is 12.7 Å². The first-order valence-electron chi connectivity index (χ1n) is 12.0. The molecular weight excluding hydrogens is 470 g/mol. The molecule has 2 aromatic heterocycles. The van der Waals surface area contributed by atoms with Gasteiger partial charge >= 0.3 is 6.03 Å². The molecule has 3 N–H and O–H groups in total. The number of hydrogen-bond acceptors (Lipinski definition) is 5. The minimum absolute atomic E-state index is 0.00360. The average molecular weight is 498 g/mol. The minimum atomic E-state index is -1.40. The van der Waals surface area contributed by atoms with Gasteiger partial charge in [-0.05, 0) is 42.7 Å². The predicted molar refractivity (Wildman–Crippen MR) is 139 cm³/mol. The highest BCUT2D eigenvalue weighted by atomic mass is 16.5. The van der Waals surface area contributed by atoms with E-state index in [0.717, 1.165) is 29.5 Å². The number of rotatable bonds is 8. The molecule has 3 heterocycles. The van der Waals surface area contributed by atoms with Crippen LogP contribution in [0.4, 0.5) is 4.79 Å². The van der Waals surface area contributed by atoms with Crippen LogP contribution in [0.2, 0.25) is 0 Å². The summed E-state index contributed by atoms with van der Waals surface area (Å²) in [5, 5.41) is 21.9. The van der Waals surface area contributed by atoms with E-state index in [1.54, 1.807) is 36.0 Å². The molecule has 4 aromatic rings. The number of nitrogens with one attached hydrogen (secondary N) is 2. The molecule has 1 fully saturated rings. The number of hydrogen-bond donors (Lipinski definition) is 3. The molecule has 5 rings (SSSR count). The SMILES string of the molecule is CC#CCOc1ccc2cn(C[C@@]3(c4ccc(-c5cnn(CCC)c5)cc4)NC(=O)NC3=O)c(O)c2c1. The standard InChI is InChI=1S/C28H27N5O4/c1-3-5-13-37-23-11-8-20-16-32(25(34)24(20)14-23)18-28(26(35)30-27(36)31-28)22-9-6-19(7-10-22)21-15-29-33(17-21)12-4-2/h6-11,14-17,34H,4,12-13,18H2,1-2H3,(H2,30,31,35,36)/t28-/m0/s1. The Labute approximate surface area is 214 Å². The summed E-state index contributed by atoms with van der Waals surface area (Å²) >= 11 is 0. The maximum atomic E-state index is 13.1. The van der Waals surface area contributed by atoms with Crippen LogP contribution in [0.5, 0.6) is 11.6 Å². The number of ether oxygens (including phenoxy) is 1. The lowest BCUT2D eigenvalue weighted by atomic mass is 9.88. The van der Waals surface area contributed by atoms with Crippen molar-refractivity contribution in [2.24, 2.45) is 0 Å². The first-order chi connectivity index (χ1) is 17.9. The van der Waals surface area contributed by atoms with Crippen molar-refractivity contribution < 1.29 is 19.4 Å². The Morgan fingerprint density at radius 2 is 1.92 bits per heavy atom. The van der Waals surface area contributed by atoms with E-state index in [-0.39, 0.29) is 19.0 Å². The van der Waals surface area contributed by atoms with Crippen LogP contribution in [0.1, 0.15) is 25.8 Å². The van der Waals surface area contributed by atoms with E-state index in [1.165, 1.54) is 0 Å². The molecule has 0 aliphatic carbocycles. The summed E-state index contributed by atoms with van der Waals surface area (Å²) in [6.07, 6.45) is 6.52. The summed E-state index contributed by atoms with van der Waals surface area (Å²) < 4.78 is 9.07. The second kappa shape index (κ2) is 9.74. The summed E-state index contributed by atoms with van der Waals surface area (Å²) in [6.45, 7) is 4.91. The second-order valence-electron chi connectivity index (χ2n) is 8.93. The molecule has 188 valence electrons. The van der Waals surface area contributed by atoms with Gasteiger partial charge in [0.25, 0.3) is 5.91 Å². The van der Waals surface area contributed by atoms with Crippen molar-refractivity contribution in [1.82, 2.24) is 25.0 Å². The molecule has 37 heavy (non-hydrogen) atoms. The van der Waals surface area contributed by atoms with Crippen LogP contribution in [0.15, 0.2) is 61.1 Å². The van der Waals surface area contributed by atoms with Crippen molar-refractivity contribution in [1.29, 1.82) is 0 Å². The summed E-state index contributed by atoms with van der Waals surface area (Å²) in [7, 11) is 0. The molecule has 9 nitrogen and oxygen atoms in total. The molecule has 0 radical (unpaired) electrons. The Hall–Kier alpha value is -4.71. The van der Waals surface area contributed by atoms with Gasteiger partial charge in [0.1, 0.15) is 12.4 Å². The van der Waals surface area contributed by atoms with Gasteiger partial charge < -0.3 is 19.7 Å². The van der Waals surface area contributed by atoms with Gasteiger partial charge in [-0.1, -0.05) is 37.1 Å². The molecule has 1 aliphatic rings. The maximum Gasteiger partial charge on any atom is 0.322 e. The number of aromatic nitrogens is 3. The van der Waals surface area contributed by atoms with E-state index in [9.17, 15) is 14.7 Å². The van der Waals surface area contributed by atoms with Crippen LogP contribution in [-0.4, -0.2) is 38.0 Å². The zero-order valence-electron chi connectivity index (χ0n) is 20.6. The Morgan fingerprint density at radius 3 is 2.62 bits per heavy atom. The van der Waals surface area contributed by atoms with Crippen LogP contribution in [-0.2, 0) is 23.4 Å². The fourth-order valence-electron chi connectivity index (χ4n) is 4.59. The molecule has 0 saturated carbocycles. The highest BCUT2D eigenvalue weighted by Gasteiger charge is 2.48. The summed E-state index contributed by atoms with van der Waals surface area (Å²) in [6, 6.07) is 12.2. The van der Waals surface area contributed by atoms with Crippen molar-refractivity contribution in [2.75, 3.05) is 6.61 Å². The Kier molecular flexibility index (Phi) is 6.32. The molecule has 1 atom stereocenters. The van der Waals surface area contributed by atoms with Gasteiger partial charge in [0.2, 0.25) is 0 Å². The van der Waals surface area contributed by atoms with E-state index in [0.29, 0.717) is 16.7 Å². The van der Waals surface area contributed by atoms with Gasteiger partial charge in [-0.3, -0.25) is 14.8 Å². The smallest absolute Gasteiger partial charge is 0.322 e. The average Bonchev–Trinajstić information content (AvgIpc) is 3.56. The van der Waals surface area contributed by atoms with Gasteiger partial charge in [0, 0.05) is 35.3 Å². The molecule has 1 saturated heterocycles. The number of aromatic hydroxyl groups is 1. The number of fused-ring (bicyclic) bond motifs is 1. The van der Waals surface area contributed by atoms with Crippen LogP contribution in [0.25, 0.3) is 21.9 Å². The largest absolute Gasteiger partial charge is 0.494 e. The number of carbonyl (C=O) groups excluding carboxylic acids is 2. The first-order valence-corrected chi connectivity index (χ1v) is 12.0. The van der Waals surface area contributed by atoms with Crippen molar-refractivity contribution in [3.8, 4) is 34.6 Å². The summed E-state index contributed by atoms with van der Waals surface area (Å²) in [5.41, 5.74) is 1.11. The van der Waals surface area contributed by atoms with E-state index < -0.39 is 17.5 Å². The monoisotopic (exact) mass is 497 g/mol. The number of nitrogens with zero attached hydrogens (tertiary/aromatic N) is 3. The van der Waals surface area contributed by atoms with Gasteiger partial charge in [-0.2, -0.15) is 5.10 Å². The van der Waals surface area contributed by atoms with Crippen molar-refractivity contribution in [3.05, 3.63) is 66.6 Å². The fourth-order valence-corrected chi connectivity index (χ4v) is 4.59. The molecule has 0 unspecified atom stereocenters. The fraction of sp³-hybridized carbons (Fsp3) is 0.250. The third kappa shape index (κ3) is 4.49. The minimum Gasteiger partial charge on any atom is -0.494 e. The first kappa shape index (κ1) is 24.0. The van der Waals surface area contributed by atoms with Crippen LogP contribution in [0.3, 0.4) is 0 Å². The lowest BCUT2D eigenvalue weighted by Gasteiger charge is -2.27. The second-order valence-corrected chi connectivity index (χ2v) is 8.93. The molecular formula is C28H27N5O4. The van der Waals surface area contributed by atoms with Gasteiger partial charge in [0.15, 0.2) is 11.4 Å². The molecule has 1 aliphatic heterocycles. The lowest BCUT2D eigenvalue weighted by molar-refractivity contribution is -0.124. The van der Waals surface area contributed by atoms with E-state index in [4.69, 9.17) is 4.74 Å². The number of aryl methyl sites for hydroxylation is 1. The maximum absolute atomic E-state index is 13.1. The zero-order chi connectivity index (χ0) is 26.0. The summed E-state index contributed by atoms with van der Waals surface area (Å²) in [5.74, 6) is 5.66. The normalized spacial score (nSPS) is 16.8. The number of carbonyl (C=O) groups is 2. The van der Waals surface area contributed by atoms with Crippen molar-refractivity contribution >= 4 is 22.7 Å². The number of amides is 3. The quantitative estimate of drug-likeness (QED) is 0.254. The Morgan fingerprint density at radius 1 is 1.11 bits per heavy atom. The van der Waals surface area contributed by atoms with Crippen LogP contribution < -0.4 is 15.4 Å². The predicted octanol–water partition coefficient (Wildman–Crippen LogP) is 3.76. The zero-order valence-corrected chi connectivity index (χ0v) is 20.6. The lowest BCUT2D eigenvalue weighted by Crippen LogP contribution is -2.47. The Bertz CT molecular complexity index is 1540.